The number of rotatable bonds is 9. The van der Waals surface area contributed by atoms with Crippen molar-refractivity contribution in [1.82, 2.24) is 30.4 Å². The third kappa shape index (κ3) is 7.05. The molecule has 3 aromatic rings. The molecule has 208 valence electrons. The standard InChI is InChI=1S/C26H25ClFN7O5/c27-19-9-10-21(35-15-29-32-33-35)18(24(19)28)8-11-22(36)31-20(14-23(37)34-12-2-1-3-13-34)25(38)30-17-6-4-16(5-7-17)26(39)40/h4-11,15,20H,1-3,12-14H2,(H,30,38)(H,31,36)(H,39,40). The summed E-state index contributed by atoms with van der Waals surface area (Å²) >= 11 is 5.93. The molecular formula is C26H25ClFN7O5. The molecule has 1 saturated heterocycles. The zero-order valence-corrected chi connectivity index (χ0v) is 21.8. The number of aromatic nitrogens is 4. The second-order valence-corrected chi connectivity index (χ2v) is 9.37. The Labute approximate surface area is 232 Å². The van der Waals surface area contributed by atoms with Crippen molar-refractivity contribution in [2.75, 3.05) is 18.4 Å². The van der Waals surface area contributed by atoms with Gasteiger partial charge in [0.2, 0.25) is 17.7 Å². The van der Waals surface area contributed by atoms with Gasteiger partial charge in [-0.1, -0.05) is 11.6 Å². The number of carboxylic acids is 1. The van der Waals surface area contributed by atoms with Crippen molar-refractivity contribution < 1.29 is 28.7 Å². The lowest BCUT2D eigenvalue weighted by atomic mass is 10.1. The summed E-state index contributed by atoms with van der Waals surface area (Å²) in [4.78, 5) is 51.7. The molecule has 1 atom stereocenters. The SMILES string of the molecule is O=C(C=Cc1c(-n2cnnn2)ccc(Cl)c1F)NC(CC(=O)N1CCCCC1)C(=O)Nc1ccc(C(=O)O)cc1. The van der Waals surface area contributed by atoms with Crippen LogP contribution in [-0.4, -0.2) is 73.0 Å². The molecule has 1 unspecified atom stereocenters. The Morgan fingerprint density at radius 3 is 2.45 bits per heavy atom. The van der Waals surface area contributed by atoms with Crippen molar-refractivity contribution in [2.45, 2.75) is 31.7 Å². The number of likely N-dealkylation sites (tertiary alicyclic amines) is 1. The molecule has 0 bridgehead atoms. The Bertz CT molecular complexity index is 1420. The number of tetrazole rings is 1. The molecule has 0 spiro atoms. The van der Waals surface area contributed by atoms with Crippen molar-refractivity contribution >= 4 is 47.1 Å². The molecule has 0 radical (unpaired) electrons. The fraction of sp³-hybridized carbons (Fsp3) is 0.269. The van der Waals surface area contributed by atoms with Crippen molar-refractivity contribution in [1.29, 1.82) is 0 Å². The van der Waals surface area contributed by atoms with Gasteiger partial charge in [-0.3, -0.25) is 14.4 Å². The number of carbonyl (C=O) groups is 4. The maximum atomic E-state index is 14.8. The van der Waals surface area contributed by atoms with Crippen LogP contribution in [0.4, 0.5) is 10.1 Å². The monoisotopic (exact) mass is 569 g/mol. The van der Waals surface area contributed by atoms with Crippen LogP contribution in [0.5, 0.6) is 0 Å². The first-order chi connectivity index (χ1) is 19.2. The summed E-state index contributed by atoms with van der Waals surface area (Å²) in [6.45, 7) is 1.12. The lowest BCUT2D eigenvalue weighted by molar-refractivity contribution is -0.135. The molecule has 2 heterocycles. The Hall–Kier alpha value is -4.65. The Morgan fingerprint density at radius 1 is 1.07 bits per heavy atom. The first kappa shape index (κ1) is 28.4. The first-order valence-electron chi connectivity index (χ1n) is 12.3. The van der Waals surface area contributed by atoms with Gasteiger partial charge < -0.3 is 20.6 Å². The van der Waals surface area contributed by atoms with Crippen LogP contribution >= 0.6 is 11.6 Å². The highest BCUT2D eigenvalue weighted by molar-refractivity contribution is 6.31. The summed E-state index contributed by atoms with van der Waals surface area (Å²) in [7, 11) is 0. The van der Waals surface area contributed by atoms with Crippen molar-refractivity contribution in [2.24, 2.45) is 0 Å². The smallest absolute Gasteiger partial charge is 0.335 e. The molecule has 1 aromatic heterocycles. The van der Waals surface area contributed by atoms with E-state index in [9.17, 15) is 23.6 Å². The van der Waals surface area contributed by atoms with Gasteiger partial charge in [0.25, 0.3) is 0 Å². The van der Waals surface area contributed by atoms with E-state index in [0.29, 0.717) is 13.1 Å². The highest BCUT2D eigenvalue weighted by atomic mass is 35.5. The number of aromatic carboxylic acids is 1. The van der Waals surface area contributed by atoms with E-state index >= 15 is 0 Å². The minimum absolute atomic E-state index is 0.0301. The number of carboxylic acid groups (broad SMARTS) is 1. The number of hydrogen-bond donors (Lipinski definition) is 3. The first-order valence-corrected chi connectivity index (χ1v) is 12.7. The van der Waals surface area contributed by atoms with E-state index in [2.05, 4.69) is 26.2 Å². The molecule has 1 fully saturated rings. The number of halogens is 2. The van der Waals surface area contributed by atoms with Gasteiger partial charge in [0, 0.05) is 30.4 Å². The molecule has 3 N–H and O–H groups in total. The molecule has 1 aliphatic heterocycles. The molecule has 4 rings (SSSR count). The molecule has 12 nitrogen and oxygen atoms in total. The van der Waals surface area contributed by atoms with E-state index in [4.69, 9.17) is 16.7 Å². The van der Waals surface area contributed by atoms with Crippen LogP contribution in [0.3, 0.4) is 0 Å². The number of nitrogens with zero attached hydrogens (tertiary/aromatic N) is 5. The van der Waals surface area contributed by atoms with Crippen LogP contribution in [0.2, 0.25) is 5.02 Å². The topological polar surface area (TPSA) is 159 Å². The van der Waals surface area contributed by atoms with Gasteiger partial charge >= 0.3 is 5.97 Å². The third-order valence-electron chi connectivity index (χ3n) is 6.23. The Kier molecular flexibility index (Phi) is 9.17. The quantitative estimate of drug-likeness (QED) is 0.332. The molecule has 1 aliphatic rings. The van der Waals surface area contributed by atoms with Gasteiger partial charge in [-0.2, -0.15) is 4.68 Å². The van der Waals surface area contributed by atoms with Crippen molar-refractivity contribution in [3.63, 3.8) is 0 Å². The van der Waals surface area contributed by atoms with Crippen LogP contribution in [0, 0.1) is 5.82 Å². The predicted octanol–water partition coefficient (Wildman–Crippen LogP) is 2.69. The van der Waals surface area contributed by atoms with Crippen LogP contribution in [0.1, 0.15) is 41.6 Å². The van der Waals surface area contributed by atoms with Crippen molar-refractivity contribution in [3.8, 4) is 5.69 Å². The fourth-order valence-electron chi connectivity index (χ4n) is 4.15. The maximum absolute atomic E-state index is 14.8. The lowest BCUT2D eigenvalue weighted by Gasteiger charge is -2.28. The Morgan fingerprint density at radius 2 is 1.80 bits per heavy atom. The summed E-state index contributed by atoms with van der Waals surface area (Å²) in [5.74, 6) is -3.68. The number of benzene rings is 2. The largest absolute Gasteiger partial charge is 0.478 e. The maximum Gasteiger partial charge on any atom is 0.335 e. The minimum Gasteiger partial charge on any atom is -0.478 e. The number of carbonyl (C=O) groups excluding carboxylic acids is 3. The number of piperidine rings is 1. The van der Waals surface area contributed by atoms with Crippen LogP contribution < -0.4 is 10.6 Å². The van der Waals surface area contributed by atoms with Gasteiger partial charge in [-0.15, -0.1) is 5.10 Å². The van der Waals surface area contributed by atoms with Gasteiger partial charge in [0.05, 0.1) is 22.7 Å². The molecule has 40 heavy (non-hydrogen) atoms. The van der Waals surface area contributed by atoms with E-state index in [1.165, 1.54) is 53.5 Å². The zero-order valence-electron chi connectivity index (χ0n) is 21.1. The summed E-state index contributed by atoms with van der Waals surface area (Å²) < 4.78 is 16.0. The van der Waals surface area contributed by atoms with Gasteiger partial charge in [0.1, 0.15) is 12.4 Å². The van der Waals surface area contributed by atoms with Gasteiger partial charge in [-0.05, 0) is 72.2 Å². The van der Waals surface area contributed by atoms with Gasteiger partial charge in [0.15, 0.2) is 5.82 Å². The van der Waals surface area contributed by atoms with E-state index < -0.39 is 29.6 Å². The molecule has 14 heteroatoms. The third-order valence-corrected chi connectivity index (χ3v) is 6.52. The second-order valence-electron chi connectivity index (χ2n) is 8.96. The van der Waals surface area contributed by atoms with Crippen LogP contribution in [-0.2, 0) is 14.4 Å². The zero-order chi connectivity index (χ0) is 28.6. The molecule has 3 amide bonds. The van der Waals surface area contributed by atoms with E-state index in [1.807, 2.05) is 0 Å². The normalized spacial score (nSPS) is 14.1. The van der Waals surface area contributed by atoms with E-state index in [0.717, 1.165) is 25.3 Å². The summed E-state index contributed by atoms with van der Waals surface area (Å²) in [5, 5.41) is 24.8. The second kappa shape index (κ2) is 12.9. The van der Waals surface area contributed by atoms with Crippen LogP contribution in [0.15, 0.2) is 48.8 Å². The Balaban J connectivity index is 1.53. The molecule has 0 aliphatic carbocycles. The number of amides is 3. The summed E-state index contributed by atoms with van der Waals surface area (Å²) in [6.07, 6.45) is 5.82. The van der Waals surface area contributed by atoms with E-state index in [1.54, 1.807) is 4.90 Å². The highest BCUT2D eigenvalue weighted by Gasteiger charge is 2.27. The fourth-order valence-corrected chi connectivity index (χ4v) is 4.31. The average Bonchev–Trinajstić information content (AvgIpc) is 3.49. The summed E-state index contributed by atoms with van der Waals surface area (Å²) in [6, 6.07) is 6.95. The van der Waals surface area contributed by atoms with Crippen LogP contribution in [0.25, 0.3) is 11.8 Å². The summed E-state index contributed by atoms with van der Waals surface area (Å²) in [5.41, 5.74) is 0.457. The van der Waals surface area contributed by atoms with Crippen molar-refractivity contribution in [3.05, 3.63) is 70.8 Å². The number of hydrogen-bond acceptors (Lipinski definition) is 7. The van der Waals surface area contributed by atoms with E-state index in [-0.39, 0.29) is 39.9 Å². The average molecular weight is 570 g/mol. The van der Waals surface area contributed by atoms with Gasteiger partial charge in [-0.25, -0.2) is 9.18 Å². The lowest BCUT2D eigenvalue weighted by Crippen LogP contribution is -2.47. The number of anilines is 1. The molecule has 0 saturated carbocycles. The molecular weight excluding hydrogens is 545 g/mol. The predicted molar refractivity (Wildman–Crippen MR) is 142 cm³/mol. The molecule has 2 aromatic carbocycles. The minimum atomic E-state index is -1.27. The highest BCUT2D eigenvalue weighted by Crippen LogP contribution is 2.25. The number of nitrogens with one attached hydrogen (secondary N) is 2.